The predicted octanol–water partition coefficient (Wildman–Crippen LogP) is 4.50. The average molecular weight is 424 g/mol. The SMILES string of the molecule is Cc1oc(-c2cccs2)nc1CC(=O)Nc1ccccc1I. The summed E-state index contributed by atoms with van der Waals surface area (Å²) in [6.07, 6.45) is 0.200. The Morgan fingerprint density at radius 2 is 2.14 bits per heavy atom. The molecule has 0 unspecified atom stereocenters. The van der Waals surface area contributed by atoms with Gasteiger partial charge in [-0.1, -0.05) is 18.2 Å². The van der Waals surface area contributed by atoms with Crippen molar-refractivity contribution >= 4 is 45.5 Å². The zero-order chi connectivity index (χ0) is 15.5. The lowest BCUT2D eigenvalue weighted by molar-refractivity contribution is -0.115. The van der Waals surface area contributed by atoms with Gasteiger partial charge in [-0.05, 0) is 53.1 Å². The van der Waals surface area contributed by atoms with Crippen LogP contribution in [0.1, 0.15) is 11.5 Å². The Balaban J connectivity index is 1.73. The van der Waals surface area contributed by atoms with Crippen LogP contribution in [0.3, 0.4) is 0 Å². The van der Waals surface area contributed by atoms with E-state index in [2.05, 4.69) is 32.9 Å². The van der Waals surface area contributed by atoms with Crippen LogP contribution in [0.25, 0.3) is 10.8 Å². The molecule has 0 saturated carbocycles. The lowest BCUT2D eigenvalue weighted by Gasteiger charge is -2.06. The Morgan fingerprint density at radius 3 is 2.86 bits per heavy atom. The number of rotatable bonds is 4. The number of para-hydroxylation sites is 1. The fourth-order valence-electron chi connectivity index (χ4n) is 2.01. The van der Waals surface area contributed by atoms with Crippen molar-refractivity contribution in [2.45, 2.75) is 13.3 Å². The number of hydrogen-bond donors (Lipinski definition) is 1. The van der Waals surface area contributed by atoms with Crippen LogP contribution >= 0.6 is 33.9 Å². The summed E-state index contributed by atoms with van der Waals surface area (Å²) in [6, 6.07) is 11.6. The minimum atomic E-state index is -0.0988. The molecule has 0 fully saturated rings. The standard InChI is InChI=1S/C16H13IN2O2S/c1-10-13(19-16(21-10)14-7-4-8-22-14)9-15(20)18-12-6-3-2-5-11(12)17/h2-8H,9H2,1H3,(H,18,20). The second-order valence-electron chi connectivity index (χ2n) is 4.70. The number of anilines is 1. The molecule has 0 bridgehead atoms. The summed E-state index contributed by atoms with van der Waals surface area (Å²) in [4.78, 5) is 17.6. The maximum atomic E-state index is 12.2. The van der Waals surface area contributed by atoms with E-state index in [0.29, 0.717) is 17.3 Å². The predicted molar refractivity (Wildman–Crippen MR) is 96.0 cm³/mol. The van der Waals surface area contributed by atoms with Gasteiger partial charge in [0, 0.05) is 3.57 Å². The molecule has 0 spiro atoms. The Morgan fingerprint density at radius 1 is 1.32 bits per heavy atom. The van der Waals surface area contributed by atoms with E-state index in [0.717, 1.165) is 14.1 Å². The molecule has 0 radical (unpaired) electrons. The minimum Gasteiger partial charge on any atom is -0.440 e. The second kappa shape index (κ2) is 6.62. The van der Waals surface area contributed by atoms with Gasteiger partial charge in [0.15, 0.2) is 0 Å². The van der Waals surface area contributed by atoms with E-state index in [-0.39, 0.29) is 12.3 Å². The number of nitrogens with zero attached hydrogens (tertiary/aromatic N) is 1. The van der Waals surface area contributed by atoms with Gasteiger partial charge in [-0.2, -0.15) is 0 Å². The van der Waals surface area contributed by atoms with Gasteiger partial charge >= 0.3 is 0 Å². The molecule has 0 aliphatic carbocycles. The normalized spacial score (nSPS) is 10.6. The van der Waals surface area contributed by atoms with Crippen LogP contribution < -0.4 is 5.32 Å². The third-order valence-electron chi connectivity index (χ3n) is 3.10. The quantitative estimate of drug-likeness (QED) is 0.628. The molecule has 3 rings (SSSR count). The number of oxazole rings is 1. The molecule has 1 N–H and O–H groups in total. The molecule has 6 heteroatoms. The summed E-state index contributed by atoms with van der Waals surface area (Å²) in [5.41, 5.74) is 1.49. The second-order valence-corrected chi connectivity index (χ2v) is 6.81. The number of halogens is 1. The van der Waals surface area contributed by atoms with Gasteiger partial charge in [-0.15, -0.1) is 11.3 Å². The van der Waals surface area contributed by atoms with E-state index >= 15 is 0 Å². The van der Waals surface area contributed by atoms with Crippen LogP contribution in [-0.2, 0) is 11.2 Å². The smallest absolute Gasteiger partial charge is 0.236 e. The summed E-state index contributed by atoms with van der Waals surface area (Å²) in [7, 11) is 0. The van der Waals surface area contributed by atoms with Gasteiger partial charge in [-0.3, -0.25) is 4.79 Å². The van der Waals surface area contributed by atoms with Crippen molar-refractivity contribution in [2.24, 2.45) is 0 Å². The van der Waals surface area contributed by atoms with E-state index in [4.69, 9.17) is 4.42 Å². The monoisotopic (exact) mass is 424 g/mol. The van der Waals surface area contributed by atoms with Gasteiger partial charge in [0.25, 0.3) is 0 Å². The summed E-state index contributed by atoms with van der Waals surface area (Å²) >= 11 is 3.76. The number of thiophene rings is 1. The first-order valence-electron chi connectivity index (χ1n) is 6.68. The topological polar surface area (TPSA) is 55.1 Å². The summed E-state index contributed by atoms with van der Waals surface area (Å²) < 4.78 is 6.66. The third-order valence-corrected chi connectivity index (χ3v) is 4.90. The number of aromatic nitrogens is 1. The summed E-state index contributed by atoms with van der Waals surface area (Å²) in [5, 5.41) is 4.88. The van der Waals surface area contributed by atoms with E-state index < -0.39 is 0 Å². The summed E-state index contributed by atoms with van der Waals surface area (Å²) in [6.45, 7) is 1.83. The first-order valence-corrected chi connectivity index (χ1v) is 8.64. The van der Waals surface area contributed by atoms with Crippen molar-refractivity contribution in [3.05, 3.63) is 56.8 Å². The van der Waals surface area contributed by atoms with E-state index in [1.54, 1.807) is 11.3 Å². The van der Waals surface area contributed by atoms with Crippen LogP contribution in [-0.4, -0.2) is 10.9 Å². The van der Waals surface area contributed by atoms with Crippen LogP contribution in [0.5, 0.6) is 0 Å². The van der Waals surface area contributed by atoms with Gasteiger partial charge in [0.05, 0.1) is 22.7 Å². The van der Waals surface area contributed by atoms with Crippen molar-refractivity contribution in [1.82, 2.24) is 4.98 Å². The van der Waals surface area contributed by atoms with Gasteiger partial charge in [-0.25, -0.2) is 4.98 Å². The molecular formula is C16H13IN2O2S. The number of aryl methyl sites for hydroxylation is 1. The Labute approximate surface area is 145 Å². The van der Waals surface area contributed by atoms with Gasteiger partial charge < -0.3 is 9.73 Å². The largest absolute Gasteiger partial charge is 0.440 e. The van der Waals surface area contributed by atoms with Crippen molar-refractivity contribution in [2.75, 3.05) is 5.32 Å². The Bertz CT molecular complexity index is 796. The molecule has 0 aliphatic heterocycles. The molecule has 2 aromatic heterocycles. The van der Waals surface area contributed by atoms with Crippen molar-refractivity contribution < 1.29 is 9.21 Å². The number of benzene rings is 1. The molecular weight excluding hydrogens is 411 g/mol. The minimum absolute atomic E-state index is 0.0988. The molecule has 112 valence electrons. The third kappa shape index (κ3) is 3.38. The average Bonchev–Trinajstić information content (AvgIpc) is 3.12. The highest BCUT2D eigenvalue weighted by Gasteiger charge is 2.15. The van der Waals surface area contributed by atoms with Gasteiger partial charge in [0.1, 0.15) is 5.76 Å². The zero-order valence-corrected chi connectivity index (χ0v) is 14.8. The van der Waals surface area contributed by atoms with Crippen LogP contribution in [0.15, 0.2) is 46.2 Å². The van der Waals surface area contributed by atoms with Crippen molar-refractivity contribution in [3.8, 4) is 10.8 Å². The Hall–Kier alpha value is -1.67. The van der Waals surface area contributed by atoms with E-state index in [1.165, 1.54) is 0 Å². The van der Waals surface area contributed by atoms with E-state index in [1.807, 2.05) is 48.7 Å². The van der Waals surface area contributed by atoms with Crippen LogP contribution in [0.4, 0.5) is 5.69 Å². The summed E-state index contributed by atoms with van der Waals surface area (Å²) in [5.74, 6) is 1.16. The molecule has 3 aromatic rings. The molecule has 0 atom stereocenters. The lowest BCUT2D eigenvalue weighted by Crippen LogP contribution is -2.15. The number of nitrogens with one attached hydrogen (secondary N) is 1. The van der Waals surface area contributed by atoms with Gasteiger partial charge in [0.2, 0.25) is 11.8 Å². The molecule has 0 saturated heterocycles. The lowest BCUT2D eigenvalue weighted by atomic mass is 10.2. The number of hydrogen-bond acceptors (Lipinski definition) is 4. The molecule has 4 nitrogen and oxygen atoms in total. The maximum absolute atomic E-state index is 12.2. The van der Waals surface area contributed by atoms with Crippen molar-refractivity contribution in [1.29, 1.82) is 0 Å². The highest BCUT2D eigenvalue weighted by Crippen LogP contribution is 2.26. The molecule has 1 amide bonds. The van der Waals surface area contributed by atoms with Crippen molar-refractivity contribution in [3.63, 3.8) is 0 Å². The molecule has 0 aliphatic rings. The molecule has 2 heterocycles. The fraction of sp³-hybridized carbons (Fsp3) is 0.125. The number of carbonyl (C=O) groups excluding carboxylic acids is 1. The van der Waals surface area contributed by atoms with E-state index in [9.17, 15) is 4.79 Å². The maximum Gasteiger partial charge on any atom is 0.236 e. The first kappa shape index (κ1) is 15.2. The van der Waals surface area contributed by atoms with Crippen LogP contribution in [0, 0.1) is 10.5 Å². The highest BCUT2D eigenvalue weighted by molar-refractivity contribution is 14.1. The van der Waals surface area contributed by atoms with Crippen LogP contribution in [0.2, 0.25) is 0 Å². The molecule has 1 aromatic carbocycles. The zero-order valence-electron chi connectivity index (χ0n) is 11.8. The fourth-order valence-corrected chi connectivity index (χ4v) is 3.18. The Kier molecular flexibility index (Phi) is 4.58. The highest BCUT2D eigenvalue weighted by atomic mass is 127. The first-order chi connectivity index (χ1) is 10.6. The molecule has 22 heavy (non-hydrogen) atoms. The number of amides is 1. The number of carbonyl (C=O) groups is 1.